The van der Waals surface area contributed by atoms with Gasteiger partial charge in [-0.25, -0.2) is 14.6 Å². The zero-order valence-corrected chi connectivity index (χ0v) is 22.7. The lowest BCUT2D eigenvalue weighted by atomic mass is 9.76. The summed E-state index contributed by atoms with van der Waals surface area (Å²) >= 11 is 12.6. The molecule has 37 heavy (non-hydrogen) atoms. The van der Waals surface area contributed by atoms with E-state index < -0.39 is 5.97 Å². The molecule has 4 heterocycles. The van der Waals surface area contributed by atoms with Crippen LogP contribution in [0.5, 0.6) is 0 Å². The molecule has 2 aromatic heterocycles. The molecule has 0 amide bonds. The van der Waals surface area contributed by atoms with E-state index in [2.05, 4.69) is 16.7 Å². The Labute approximate surface area is 226 Å². The van der Waals surface area contributed by atoms with Crippen molar-refractivity contribution in [1.29, 1.82) is 0 Å². The number of halogens is 2. The quantitative estimate of drug-likeness (QED) is 0.465. The minimum atomic E-state index is -0.639. The third kappa shape index (κ3) is 4.57. The molecule has 10 heteroatoms. The molecule has 0 spiro atoms. The summed E-state index contributed by atoms with van der Waals surface area (Å²) < 4.78 is 1.91. The fourth-order valence-electron chi connectivity index (χ4n) is 6.28. The Morgan fingerprint density at radius 3 is 2.68 bits per heavy atom. The Morgan fingerprint density at radius 1 is 1.16 bits per heavy atom. The van der Waals surface area contributed by atoms with Gasteiger partial charge in [0.15, 0.2) is 5.65 Å². The fraction of sp³-hybridized carbons (Fsp3) is 0.556. The van der Waals surface area contributed by atoms with E-state index in [-0.39, 0.29) is 12.0 Å². The highest BCUT2D eigenvalue weighted by Crippen LogP contribution is 2.38. The Bertz CT molecular complexity index is 1330. The van der Waals surface area contributed by atoms with Crippen molar-refractivity contribution in [2.24, 2.45) is 17.8 Å². The van der Waals surface area contributed by atoms with Crippen molar-refractivity contribution < 1.29 is 9.90 Å². The van der Waals surface area contributed by atoms with Gasteiger partial charge in [0.25, 0.3) is 0 Å². The van der Waals surface area contributed by atoms with Crippen molar-refractivity contribution in [2.75, 3.05) is 31.1 Å². The van der Waals surface area contributed by atoms with E-state index in [0.29, 0.717) is 27.9 Å². The van der Waals surface area contributed by atoms with Gasteiger partial charge in [-0.3, -0.25) is 4.79 Å². The van der Waals surface area contributed by atoms with Gasteiger partial charge in [-0.15, -0.1) is 0 Å². The average molecular weight is 543 g/mol. The Morgan fingerprint density at radius 2 is 1.95 bits per heavy atom. The number of aliphatic carboxylic acids is 1. The Kier molecular flexibility index (Phi) is 6.53. The second-order valence-electron chi connectivity index (χ2n) is 11.0. The number of aryl methyl sites for hydroxylation is 1. The summed E-state index contributed by atoms with van der Waals surface area (Å²) in [6.45, 7) is 8.17. The predicted molar refractivity (Wildman–Crippen MR) is 144 cm³/mol. The average Bonchev–Trinajstić information content (AvgIpc) is 3.13. The van der Waals surface area contributed by atoms with Crippen LogP contribution in [0.25, 0.3) is 11.2 Å². The number of rotatable bonds is 6. The van der Waals surface area contributed by atoms with E-state index in [4.69, 9.17) is 38.3 Å². The molecule has 1 aromatic carbocycles. The lowest BCUT2D eigenvalue weighted by Gasteiger charge is -2.50. The number of hydrogen-bond acceptors (Lipinski definition) is 6. The third-order valence-electron chi connectivity index (χ3n) is 8.71. The van der Waals surface area contributed by atoms with E-state index in [0.717, 1.165) is 67.3 Å². The van der Waals surface area contributed by atoms with Gasteiger partial charge < -0.3 is 14.9 Å². The highest BCUT2D eigenvalue weighted by molar-refractivity contribution is 6.35. The minimum Gasteiger partial charge on any atom is -0.481 e. The van der Waals surface area contributed by atoms with Crippen LogP contribution in [0.15, 0.2) is 24.4 Å². The molecule has 2 atom stereocenters. The molecular formula is C27H32Cl2N6O2. The second kappa shape index (κ2) is 9.71. The van der Waals surface area contributed by atoms with Crippen LogP contribution in [0.2, 0.25) is 10.0 Å². The molecule has 0 unspecified atom stereocenters. The Hall–Kier alpha value is -2.42. The molecule has 2 aliphatic heterocycles. The summed E-state index contributed by atoms with van der Waals surface area (Å²) in [6.07, 6.45) is 5.93. The predicted octanol–water partition coefficient (Wildman–Crippen LogP) is 5.06. The largest absolute Gasteiger partial charge is 0.481 e. The monoisotopic (exact) mass is 542 g/mol. The molecule has 196 valence electrons. The molecule has 6 rings (SSSR count). The second-order valence-corrected chi connectivity index (χ2v) is 11.8. The zero-order valence-electron chi connectivity index (χ0n) is 21.1. The van der Waals surface area contributed by atoms with Gasteiger partial charge in [0.05, 0.1) is 23.9 Å². The number of likely N-dealkylation sites (tertiary alicyclic amines) is 1. The number of nitrogens with zero attached hydrogens (tertiary/aromatic N) is 6. The van der Waals surface area contributed by atoms with Crippen LogP contribution in [0.4, 0.5) is 5.82 Å². The van der Waals surface area contributed by atoms with Crippen LogP contribution in [0.1, 0.15) is 49.9 Å². The molecule has 3 fully saturated rings. The topological polar surface area (TPSA) is 87.4 Å². The summed E-state index contributed by atoms with van der Waals surface area (Å²) in [6, 6.07) is 5.88. The van der Waals surface area contributed by atoms with E-state index >= 15 is 0 Å². The summed E-state index contributed by atoms with van der Waals surface area (Å²) in [5.41, 5.74) is 3.35. The van der Waals surface area contributed by atoms with Gasteiger partial charge in [-0.1, -0.05) is 29.3 Å². The van der Waals surface area contributed by atoms with Crippen LogP contribution in [-0.4, -0.2) is 67.9 Å². The van der Waals surface area contributed by atoms with Crippen LogP contribution in [0, 0.1) is 24.7 Å². The number of carboxylic acids is 1. The van der Waals surface area contributed by atoms with E-state index in [1.807, 2.05) is 29.9 Å². The maximum Gasteiger partial charge on any atom is 0.306 e. The Balaban J connectivity index is 1.14. The molecule has 1 N–H and O–H groups in total. The molecule has 1 saturated carbocycles. The summed E-state index contributed by atoms with van der Waals surface area (Å²) in [5, 5.41) is 15.2. The third-order valence-corrected chi connectivity index (χ3v) is 9.27. The number of carbonyl (C=O) groups is 1. The van der Waals surface area contributed by atoms with Crippen molar-refractivity contribution >= 4 is 46.2 Å². The van der Waals surface area contributed by atoms with Crippen molar-refractivity contribution in [3.8, 4) is 0 Å². The molecule has 1 aliphatic carbocycles. The summed E-state index contributed by atoms with van der Waals surface area (Å²) in [7, 11) is 0. The first-order valence-electron chi connectivity index (χ1n) is 13.2. The first-order valence-corrected chi connectivity index (χ1v) is 13.9. The van der Waals surface area contributed by atoms with Gasteiger partial charge in [0.2, 0.25) is 0 Å². The zero-order chi connectivity index (χ0) is 25.8. The van der Waals surface area contributed by atoms with Crippen LogP contribution in [0.3, 0.4) is 0 Å². The first kappa shape index (κ1) is 24.9. The number of hydrogen-bond donors (Lipinski definition) is 1. The van der Waals surface area contributed by atoms with Gasteiger partial charge in [-0.05, 0) is 75.6 Å². The van der Waals surface area contributed by atoms with Gasteiger partial charge >= 0.3 is 5.97 Å². The SMILES string of the molecule is Cc1nn([C@H](C)c2ccc(Cl)cc2Cl)c2nc(N3CC([C@@H]4CCCN(C5CC(C(=O)O)C5)C4)C3)cnc12. The molecule has 3 aliphatic rings. The van der Waals surface area contributed by atoms with Gasteiger partial charge in [0, 0.05) is 35.7 Å². The smallest absolute Gasteiger partial charge is 0.306 e. The molecule has 3 aromatic rings. The number of carboxylic acid groups (broad SMARTS) is 1. The van der Waals surface area contributed by atoms with Crippen molar-refractivity contribution in [3.63, 3.8) is 0 Å². The molecule has 0 bridgehead atoms. The van der Waals surface area contributed by atoms with Crippen LogP contribution >= 0.6 is 23.2 Å². The van der Waals surface area contributed by atoms with E-state index in [1.165, 1.54) is 12.8 Å². The van der Waals surface area contributed by atoms with Crippen molar-refractivity contribution in [3.05, 3.63) is 45.7 Å². The standard InChI is InChI=1S/C27H32Cl2N6O2/c1-15-25-26(35(32-15)16(2)22-6-5-20(28)10-23(22)29)31-24(11-30-25)34-13-19(14-34)17-4-3-7-33(12-17)21-8-18(9-21)27(36)37/h5-6,10-11,16-19,21H,3-4,7-9,12-14H2,1-2H3,(H,36,37)/t16-,17-,18?,21?/m1/s1. The highest BCUT2D eigenvalue weighted by Gasteiger charge is 2.42. The lowest BCUT2D eigenvalue weighted by Crippen LogP contribution is -2.56. The molecule has 2 saturated heterocycles. The minimum absolute atomic E-state index is 0.116. The van der Waals surface area contributed by atoms with Gasteiger partial charge in [-0.2, -0.15) is 5.10 Å². The van der Waals surface area contributed by atoms with Gasteiger partial charge in [0.1, 0.15) is 11.3 Å². The van der Waals surface area contributed by atoms with E-state index in [1.54, 1.807) is 6.07 Å². The number of aromatic nitrogens is 4. The highest BCUT2D eigenvalue weighted by atomic mass is 35.5. The molecule has 8 nitrogen and oxygen atoms in total. The lowest BCUT2D eigenvalue weighted by molar-refractivity contribution is -0.147. The number of piperidine rings is 1. The van der Waals surface area contributed by atoms with Crippen molar-refractivity contribution in [2.45, 2.75) is 51.6 Å². The van der Waals surface area contributed by atoms with Crippen LogP contribution in [-0.2, 0) is 4.79 Å². The van der Waals surface area contributed by atoms with E-state index in [9.17, 15) is 9.90 Å². The molecule has 0 radical (unpaired) electrons. The molecular weight excluding hydrogens is 511 g/mol. The number of benzene rings is 1. The number of fused-ring (bicyclic) bond motifs is 1. The summed E-state index contributed by atoms with van der Waals surface area (Å²) in [5.74, 6) is 1.39. The van der Waals surface area contributed by atoms with Crippen molar-refractivity contribution in [1.82, 2.24) is 24.6 Å². The maximum absolute atomic E-state index is 11.2. The maximum atomic E-state index is 11.2. The summed E-state index contributed by atoms with van der Waals surface area (Å²) in [4.78, 5) is 25.8. The fourth-order valence-corrected chi connectivity index (χ4v) is 6.84. The number of anilines is 1. The normalized spacial score (nSPS) is 25.6. The first-order chi connectivity index (χ1) is 17.8. The van der Waals surface area contributed by atoms with Crippen LogP contribution < -0.4 is 4.90 Å².